The first-order valence-electron chi connectivity index (χ1n) is 3.05. The largest absolute Gasteiger partial charge is 0.329 e. The number of thiol groups is 1. The van der Waals surface area contributed by atoms with E-state index < -0.39 is 5.77 Å². The Labute approximate surface area is 81.3 Å². The zero-order valence-corrected chi connectivity index (χ0v) is 10.2. The molecule has 0 aliphatic carbocycles. The van der Waals surface area contributed by atoms with Crippen LogP contribution in [0.25, 0.3) is 0 Å². The molecule has 0 saturated carbocycles. The van der Waals surface area contributed by atoms with Crippen LogP contribution in [0.4, 0.5) is 0 Å². The maximum absolute atomic E-state index is 10.7. The third kappa shape index (κ3) is 11.2. The van der Waals surface area contributed by atoms with Crippen LogP contribution < -0.4 is 0 Å². The second-order valence-corrected chi connectivity index (χ2v) is 11.4. The maximum Gasteiger partial charge on any atom is 0.308 e. The lowest BCUT2D eigenvalue weighted by Crippen LogP contribution is -2.06. The fraction of sp³-hybridized carbons (Fsp3) is 1.00. The topological polar surface area (TPSA) is 37.3 Å². The lowest BCUT2D eigenvalue weighted by atomic mass is 10.3. The van der Waals surface area contributed by atoms with E-state index in [2.05, 4.69) is 33.0 Å². The van der Waals surface area contributed by atoms with Gasteiger partial charge in [-0.2, -0.15) is 0 Å². The molecule has 0 radical (unpaired) electrons. The van der Waals surface area contributed by atoms with Crippen molar-refractivity contribution in [3.8, 4) is 0 Å². The Morgan fingerprint density at radius 3 is 2.27 bits per heavy atom. The lowest BCUT2D eigenvalue weighted by Gasteiger charge is -2.16. The first-order chi connectivity index (χ1) is 4.71. The molecule has 0 aliphatic rings. The quantitative estimate of drug-likeness (QED) is 0.445. The first kappa shape index (κ1) is 12.2. The van der Waals surface area contributed by atoms with Crippen LogP contribution in [0.15, 0.2) is 0 Å². The van der Waals surface area contributed by atoms with Crippen LogP contribution in [-0.4, -0.2) is 14.7 Å². The van der Waals surface area contributed by atoms with Gasteiger partial charge in [-0.1, -0.05) is 33.0 Å². The molecule has 2 nitrogen and oxygen atoms in total. The van der Waals surface area contributed by atoms with Gasteiger partial charge in [0.15, 0.2) is 0 Å². The molecule has 0 aromatic heterocycles. The van der Waals surface area contributed by atoms with Crippen molar-refractivity contribution < 1.29 is 9.46 Å². The van der Waals surface area contributed by atoms with Crippen LogP contribution in [0.2, 0.25) is 0 Å². The zero-order chi connectivity index (χ0) is 9.12. The highest BCUT2D eigenvalue weighted by atomic mass is 33.1. The van der Waals surface area contributed by atoms with Gasteiger partial charge in [-0.15, -0.1) is 11.8 Å². The van der Waals surface area contributed by atoms with Crippen LogP contribution in [0, 0.1) is 0 Å². The summed E-state index contributed by atoms with van der Waals surface area (Å²) in [5.74, 6) is -3.16. The van der Waals surface area contributed by atoms with Gasteiger partial charge in [0, 0.05) is 9.83 Å². The molecule has 0 aromatic carbocycles. The second kappa shape index (κ2) is 4.47. The summed E-state index contributed by atoms with van der Waals surface area (Å²) >= 11 is 6.19. The molecule has 1 unspecified atom stereocenters. The monoisotopic (exact) mass is 232 g/mol. The molecule has 0 rings (SSSR count). The van der Waals surface area contributed by atoms with Crippen molar-refractivity contribution in [1.29, 1.82) is 0 Å². The van der Waals surface area contributed by atoms with Crippen LogP contribution in [-0.2, 0) is 4.57 Å². The van der Waals surface area contributed by atoms with E-state index in [4.69, 9.17) is 4.89 Å². The average Bonchev–Trinajstić information content (AvgIpc) is 1.55. The van der Waals surface area contributed by atoms with Gasteiger partial charge < -0.3 is 4.89 Å². The molecular formula is C5H13O2PS3. The van der Waals surface area contributed by atoms with Crippen LogP contribution in [0.3, 0.4) is 0 Å². The van der Waals surface area contributed by atoms with E-state index in [-0.39, 0.29) is 4.75 Å². The predicted octanol–water partition coefficient (Wildman–Crippen LogP) is 3.24. The number of hydrogen-bond donors (Lipinski definition) is 2. The van der Waals surface area contributed by atoms with Crippen molar-refractivity contribution in [1.82, 2.24) is 0 Å². The van der Waals surface area contributed by atoms with Gasteiger partial charge in [0.2, 0.25) is 0 Å². The fourth-order valence-corrected chi connectivity index (χ4v) is 5.43. The third-order valence-electron chi connectivity index (χ3n) is 0.713. The highest BCUT2D eigenvalue weighted by molar-refractivity contribution is 8.85. The summed E-state index contributed by atoms with van der Waals surface area (Å²) in [6.45, 7) is 6.21. The predicted molar refractivity (Wildman–Crippen MR) is 58.6 cm³/mol. The van der Waals surface area contributed by atoms with Crippen molar-refractivity contribution >= 4 is 41.2 Å². The minimum atomic E-state index is -3.16. The molecule has 0 saturated heterocycles. The van der Waals surface area contributed by atoms with E-state index in [0.717, 1.165) is 11.4 Å². The van der Waals surface area contributed by atoms with E-state index in [1.807, 2.05) is 0 Å². The second-order valence-electron chi connectivity index (χ2n) is 2.99. The zero-order valence-electron chi connectivity index (χ0n) is 6.77. The van der Waals surface area contributed by atoms with E-state index in [1.54, 1.807) is 11.8 Å². The Hall–Kier alpha value is 1.24. The van der Waals surface area contributed by atoms with E-state index in [9.17, 15) is 4.57 Å². The summed E-state index contributed by atoms with van der Waals surface area (Å²) in [5.41, 5.74) is 0. The van der Waals surface area contributed by atoms with Crippen molar-refractivity contribution in [2.24, 2.45) is 0 Å². The van der Waals surface area contributed by atoms with Gasteiger partial charge in [-0.25, -0.2) is 0 Å². The van der Waals surface area contributed by atoms with E-state index >= 15 is 0 Å². The summed E-state index contributed by atoms with van der Waals surface area (Å²) < 4.78 is 10.8. The highest BCUT2D eigenvalue weighted by Gasteiger charge is 2.15. The molecule has 1 N–H and O–H groups in total. The van der Waals surface area contributed by atoms with Crippen molar-refractivity contribution in [3.05, 3.63) is 0 Å². The van der Waals surface area contributed by atoms with E-state index in [1.165, 1.54) is 0 Å². The molecule has 1 atom stereocenters. The van der Waals surface area contributed by atoms with Crippen molar-refractivity contribution in [2.75, 3.05) is 5.08 Å². The molecule has 0 amide bonds. The molecule has 0 heterocycles. The average molecular weight is 232 g/mol. The molecule has 11 heavy (non-hydrogen) atoms. The Kier molecular flexibility index (Phi) is 4.97. The Morgan fingerprint density at radius 2 is 2.00 bits per heavy atom. The molecule has 68 valence electrons. The van der Waals surface area contributed by atoms with Crippen LogP contribution >= 0.6 is 41.2 Å². The minimum Gasteiger partial charge on any atom is -0.329 e. The van der Waals surface area contributed by atoms with Gasteiger partial charge in [0.25, 0.3) is 0 Å². The summed E-state index contributed by atoms with van der Waals surface area (Å²) in [5, 5.41) is 0.612. The smallest absolute Gasteiger partial charge is 0.308 e. The van der Waals surface area contributed by atoms with Crippen LogP contribution in [0.1, 0.15) is 20.8 Å². The van der Waals surface area contributed by atoms with Gasteiger partial charge in [-0.3, -0.25) is 4.57 Å². The first-order valence-corrected chi connectivity index (χ1v) is 8.44. The van der Waals surface area contributed by atoms with Gasteiger partial charge in [-0.05, 0) is 11.4 Å². The molecule has 0 spiro atoms. The summed E-state index contributed by atoms with van der Waals surface area (Å²) in [7, 11) is 0. The normalized spacial score (nSPS) is 17.9. The Balaban J connectivity index is 3.52. The third-order valence-corrected chi connectivity index (χ3v) is 5.81. The minimum absolute atomic E-state index is 0.149. The molecule has 0 aliphatic heterocycles. The van der Waals surface area contributed by atoms with Crippen molar-refractivity contribution in [3.63, 3.8) is 0 Å². The highest BCUT2D eigenvalue weighted by Crippen LogP contribution is 2.60. The van der Waals surface area contributed by atoms with Gasteiger partial charge in [0.05, 0.1) is 0 Å². The summed E-state index contributed by atoms with van der Waals surface area (Å²) in [6.07, 6.45) is 0. The molecule has 6 heteroatoms. The molecule has 0 bridgehead atoms. The SMILES string of the molecule is CC(C)(C)SCSP(=O)(O)S. The maximum atomic E-state index is 10.7. The lowest BCUT2D eigenvalue weighted by molar-refractivity contribution is 0.515. The number of hydrogen-bond acceptors (Lipinski definition) is 3. The molecule has 0 fully saturated rings. The Bertz CT molecular complexity index is 160. The number of rotatable bonds is 3. The van der Waals surface area contributed by atoms with Gasteiger partial charge in [0.1, 0.15) is 0 Å². The van der Waals surface area contributed by atoms with E-state index in [0.29, 0.717) is 5.08 Å². The molecular weight excluding hydrogens is 219 g/mol. The van der Waals surface area contributed by atoms with Crippen molar-refractivity contribution in [2.45, 2.75) is 25.5 Å². The van der Waals surface area contributed by atoms with Gasteiger partial charge >= 0.3 is 5.77 Å². The Morgan fingerprint density at radius 1 is 1.55 bits per heavy atom. The van der Waals surface area contributed by atoms with Crippen LogP contribution in [0.5, 0.6) is 0 Å². The summed E-state index contributed by atoms with van der Waals surface area (Å²) in [4.78, 5) is 8.78. The summed E-state index contributed by atoms with van der Waals surface area (Å²) in [6, 6.07) is 0. The fourth-order valence-electron chi connectivity index (χ4n) is 0.272. The molecule has 0 aromatic rings. The number of thioether (sulfide) groups is 1. The standard InChI is InChI=1S/C5H13O2PS3/c1-5(2,3)10-4-11-8(6,7)9/h4H2,1-3H3,(H2,6,7,9).